The highest BCUT2D eigenvalue weighted by Crippen LogP contribution is 2.32. The van der Waals surface area contributed by atoms with Crippen LogP contribution < -0.4 is 16.0 Å². The maximum atomic E-state index is 5.78. The molecule has 106 valence electrons. The lowest BCUT2D eigenvalue weighted by molar-refractivity contribution is 0.404. The molecule has 20 heavy (non-hydrogen) atoms. The van der Waals surface area contributed by atoms with Gasteiger partial charge in [0.25, 0.3) is 0 Å². The first-order valence-electron chi connectivity index (χ1n) is 6.43. The SMILES string of the molecule is COc1ccc(C)cc1C(NN)c1ccc(C)c(Br)c1. The van der Waals surface area contributed by atoms with Crippen LogP contribution in [0.4, 0.5) is 0 Å². The van der Waals surface area contributed by atoms with Gasteiger partial charge in [0.05, 0.1) is 13.2 Å². The minimum atomic E-state index is -0.109. The van der Waals surface area contributed by atoms with Gasteiger partial charge in [-0.05, 0) is 37.1 Å². The van der Waals surface area contributed by atoms with Crippen LogP contribution >= 0.6 is 15.9 Å². The molecule has 0 saturated carbocycles. The second kappa shape index (κ2) is 6.39. The van der Waals surface area contributed by atoms with E-state index in [9.17, 15) is 0 Å². The van der Waals surface area contributed by atoms with E-state index in [1.54, 1.807) is 7.11 Å². The topological polar surface area (TPSA) is 47.3 Å². The van der Waals surface area contributed by atoms with Gasteiger partial charge in [-0.1, -0.05) is 45.8 Å². The first-order valence-corrected chi connectivity index (χ1v) is 7.23. The van der Waals surface area contributed by atoms with E-state index in [1.807, 2.05) is 12.1 Å². The van der Waals surface area contributed by atoms with Crippen molar-refractivity contribution in [3.63, 3.8) is 0 Å². The lowest BCUT2D eigenvalue weighted by atomic mass is 9.96. The monoisotopic (exact) mass is 334 g/mol. The predicted octanol–water partition coefficient (Wildman–Crippen LogP) is 3.63. The van der Waals surface area contributed by atoms with E-state index in [1.165, 1.54) is 11.1 Å². The molecule has 2 aromatic rings. The van der Waals surface area contributed by atoms with Crippen molar-refractivity contribution in [3.05, 3.63) is 63.1 Å². The normalized spacial score (nSPS) is 12.2. The van der Waals surface area contributed by atoms with E-state index < -0.39 is 0 Å². The van der Waals surface area contributed by atoms with Crippen LogP contribution in [0.1, 0.15) is 28.3 Å². The van der Waals surface area contributed by atoms with E-state index in [2.05, 4.69) is 59.5 Å². The minimum Gasteiger partial charge on any atom is -0.496 e. The number of hydrogen-bond donors (Lipinski definition) is 2. The summed E-state index contributed by atoms with van der Waals surface area (Å²) >= 11 is 3.57. The Balaban J connectivity index is 2.51. The zero-order valence-corrected chi connectivity index (χ0v) is 13.5. The minimum absolute atomic E-state index is 0.109. The molecule has 0 amide bonds. The summed E-state index contributed by atoms with van der Waals surface area (Å²) < 4.78 is 6.52. The molecule has 0 aliphatic heterocycles. The number of methoxy groups -OCH3 is 1. The summed E-state index contributed by atoms with van der Waals surface area (Å²) in [5, 5.41) is 0. The Morgan fingerprint density at radius 2 is 1.90 bits per heavy atom. The predicted molar refractivity (Wildman–Crippen MR) is 85.8 cm³/mol. The van der Waals surface area contributed by atoms with Gasteiger partial charge >= 0.3 is 0 Å². The number of benzene rings is 2. The van der Waals surface area contributed by atoms with Crippen LogP contribution in [-0.2, 0) is 0 Å². The summed E-state index contributed by atoms with van der Waals surface area (Å²) in [5.74, 6) is 6.61. The fourth-order valence-electron chi connectivity index (χ4n) is 2.23. The number of aryl methyl sites for hydroxylation is 2. The maximum Gasteiger partial charge on any atom is 0.124 e. The Labute approximate surface area is 128 Å². The van der Waals surface area contributed by atoms with Gasteiger partial charge in [0, 0.05) is 10.0 Å². The van der Waals surface area contributed by atoms with Gasteiger partial charge in [-0.2, -0.15) is 0 Å². The van der Waals surface area contributed by atoms with Crippen LogP contribution in [0.15, 0.2) is 40.9 Å². The van der Waals surface area contributed by atoms with Crippen LogP contribution in [0.25, 0.3) is 0 Å². The Morgan fingerprint density at radius 3 is 2.50 bits per heavy atom. The van der Waals surface area contributed by atoms with E-state index in [4.69, 9.17) is 10.6 Å². The highest BCUT2D eigenvalue weighted by atomic mass is 79.9. The van der Waals surface area contributed by atoms with Gasteiger partial charge < -0.3 is 4.74 Å². The Bertz CT molecular complexity index is 613. The Kier molecular flexibility index (Phi) is 4.81. The van der Waals surface area contributed by atoms with Crippen LogP contribution in [0.2, 0.25) is 0 Å². The van der Waals surface area contributed by atoms with E-state index >= 15 is 0 Å². The summed E-state index contributed by atoms with van der Waals surface area (Å²) in [6.07, 6.45) is 0. The van der Waals surface area contributed by atoms with Crippen LogP contribution in [0.3, 0.4) is 0 Å². The molecule has 1 atom stereocenters. The van der Waals surface area contributed by atoms with Gasteiger partial charge in [-0.3, -0.25) is 5.84 Å². The molecule has 0 spiro atoms. The van der Waals surface area contributed by atoms with Gasteiger partial charge in [0.1, 0.15) is 5.75 Å². The van der Waals surface area contributed by atoms with Crippen molar-refractivity contribution in [2.24, 2.45) is 5.84 Å². The molecular weight excluding hydrogens is 316 g/mol. The van der Waals surface area contributed by atoms with Crippen LogP contribution in [0.5, 0.6) is 5.75 Å². The lowest BCUT2D eigenvalue weighted by Crippen LogP contribution is -2.29. The average molecular weight is 335 g/mol. The Hall–Kier alpha value is -1.36. The Morgan fingerprint density at radius 1 is 1.15 bits per heavy atom. The molecule has 0 aliphatic rings. The number of hydrogen-bond acceptors (Lipinski definition) is 3. The molecular formula is C16H19BrN2O. The van der Waals surface area contributed by atoms with E-state index in [0.717, 1.165) is 21.3 Å². The number of halogens is 1. The molecule has 0 bridgehead atoms. The molecule has 0 radical (unpaired) electrons. The number of rotatable bonds is 4. The number of nitrogens with two attached hydrogens (primary N) is 1. The molecule has 2 aromatic carbocycles. The van der Waals surface area contributed by atoms with E-state index in [0.29, 0.717) is 0 Å². The molecule has 2 rings (SSSR count). The largest absolute Gasteiger partial charge is 0.496 e. The van der Waals surface area contributed by atoms with Crippen molar-refractivity contribution in [2.75, 3.05) is 7.11 Å². The zero-order valence-electron chi connectivity index (χ0n) is 11.9. The van der Waals surface area contributed by atoms with Crippen LogP contribution in [0, 0.1) is 13.8 Å². The van der Waals surface area contributed by atoms with Crippen molar-refractivity contribution in [3.8, 4) is 5.75 Å². The van der Waals surface area contributed by atoms with Crippen molar-refractivity contribution < 1.29 is 4.74 Å². The molecule has 0 aromatic heterocycles. The lowest BCUT2D eigenvalue weighted by Gasteiger charge is -2.20. The fraction of sp³-hybridized carbons (Fsp3) is 0.250. The third-order valence-corrected chi connectivity index (χ3v) is 4.25. The molecule has 0 fully saturated rings. The fourth-order valence-corrected chi connectivity index (χ4v) is 2.63. The quantitative estimate of drug-likeness (QED) is 0.663. The van der Waals surface area contributed by atoms with Crippen molar-refractivity contribution in [2.45, 2.75) is 19.9 Å². The number of nitrogens with one attached hydrogen (secondary N) is 1. The zero-order chi connectivity index (χ0) is 14.7. The summed E-state index contributed by atoms with van der Waals surface area (Å²) in [6, 6.07) is 12.2. The second-order valence-electron chi connectivity index (χ2n) is 4.85. The number of ether oxygens (including phenoxy) is 1. The van der Waals surface area contributed by atoms with Crippen molar-refractivity contribution >= 4 is 15.9 Å². The van der Waals surface area contributed by atoms with Crippen molar-refractivity contribution in [1.29, 1.82) is 0 Å². The van der Waals surface area contributed by atoms with Crippen molar-refractivity contribution in [1.82, 2.24) is 5.43 Å². The summed E-state index contributed by atoms with van der Waals surface area (Å²) in [5.41, 5.74) is 7.38. The third kappa shape index (κ3) is 3.03. The standard InChI is InChI=1S/C16H19BrN2O/c1-10-4-7-15(20-3)13(8-10)16(19-18)12-6-5-11(2)14(17)9-12/h4-9,16,19H,18H2,1-3H3. The molecule has 1 unspecified atom stereocenters. The summed E-state index contributed by atoms with van der Waals surface area (Å²) in [4.78, 5) is 0. The summed E-state index contributed by atoms with van der Waals surface area (Å²) in [6.45, 7) is 4.12. The highest BCUT2D eigenvalue weighted by molar-refractivity contribution is 9.10. The van der Waals surface area contributed by atoms with Gasteiger partial charge in [-0.15, -0.1) is 0 Å². The summed E-state index contributed by atoms with van der Waals surface area (Å²) in [7, 11) is 1.67. The van der Waals surface area contributed by atoms with Gasteiger partial charge in [0.2, 0.25) is 0 Å². The third-order valence-electron chi connectivity index (χ3n) is 3.39. The first-order chi connectivity index (χ1) is 9.56. The first kappa shape index (κ1) is 15.0. The molecule has 3 N–H and O–H groups in total. The highest BCUT2D eigenvalue weighted by Gasteiger charge is 2.17. The van der Waals surface area contributed by atoms with Crippen LogP contribution in [-0.4, -0.2) is 7.11 Å². The molecule has 0 heterocycles. The average Bonchev–Trinajstić information content (AvgIpc) is 2.44. The van der Waals surface area contributed by atoms with E-state index in [-0.39, 0.29) is 6.04 Å². The molecule has 0 aliphatic carbocycles. The smallest absolute Gasteiger partial charge is 0.124 e. The number of hydrazine groups is 1. The van der Waals surface area contributed by atoms with Gasteiger partial charge in [-0.25, -0.2) is 5.43 Å². The molecule has 3 nitrogen and oxygen atoms in total. The second-order valence-corrected chi connectivity index (χ2v) is 5.71. The van der Waals surface area contributed by atoms with Gasteiger partial charge in [0.15, 0.2) is 0 Å². The molecule has 4 heteroatoms. The maximum absolute atomic E-state index is 5.78. The molecule has 0 saturated heterocycles.